The summed E-state index contributed by atoms with van der Waals surface area (Å²) in [5, 5.41) is 0. The van der Waals surface area contributed by atoms with Crippen molar-refractivity contribution in [3.63, 3.8) is 0 Å². The van der Waals surface area contributed by atoms with Gasteiger partial charge in [0.25, 0.3) is 0 Å². The van der Waals surface area contributed by atoms with Crippen molar-refractivity contribution in [2.45, 2.75) is 46.5 Å². The average Bonchev–Trinajstić information content (AvgIpc) is 3.05. The van der Waals surface area contributed by atoms with Gasteiger partial charge in [0, 0.05) is 0 Å². The lowest BCUT2D eigenvalue weighted by molar-refractivity contribution is 0.346. The van der Waals surface area contributed by atoms with Crippen LogP contribution in [-0.2, 0) is 6.42 Å². The molecule has 0 N–H and O–H groups in total. The van der Waals surface area contributed by atoms with Gasteiger partial charge in [-0.3, -0.25) is 0 Å². The summed E-state index contributed by atoms with van der Waals surface area (Å²) in [4.78, 5) is 0. The van der Waals surface area contributed by atoms with Gasteiger partial charge < -0.3 is 4.74 Å². The number of hydrogen-bond donors (Lipinski definition) is 0. The van der Waals surface area contributed by atoms with E-state index in [0.717, 1.165) is 37.0 Å². The van der Waals surface area contributed by atoms with Crippen molar-refractivity contribution in [1.29, 1.82) is 0 Å². The van der Waals surface area contributed by atoms with Gasteiger partial charge in [0.1, 0.15) is 18.2 Å². The van der Waals surface area contributed by atoms with Gasteiger partial charge in [0.15, 0.2) is 0 Å². The van der Waals surface area contributed by atoms with E-state index in [0.29, 0.717) is 6.61 Å². The first-order chi connectivity index (χ1) is 11.6. The summed E-state index contributed by atoms with van der Waals surface area (Å²) < 4.78 is 19.3. The van der Waals surface area contributed by atoms with Crippen molar-refractivity contribution in [3.8, 4) is 5.75 Å². The summed E-state index contributed by atoms with van der Waals surface area (Å²) in [7, 11) is 0. The number of halogens is 1. The van der Waals surface area contributed by atoms with Crippen LogP contribution in [-0.4, -0.2) is 6.61 Å². The van der Waals surface area contributed by atoms with Crippen LogP contribution in [0.25, 0.3) is 5.57 Å². The minimum atomic E-state index is -0.183. The number of benzene rings is 2. The molecule has 2 aromatic rings. The lowest BCUT2D eigenvalue weighted by Crippen LogP contribution is -2.04. The number of rotatable bonds is 5. The Hall–Kier alpha value is -2.09. The molecule has 24 heavy (non-hydrogen) atoms. The minimum Gasteiger partial charge on any atom is -0.489 e. The van der Waals surface area contributed by atoms with Gasteiger partial charge in [-0.05, 0) is 91.1 Å². The lowest BCUT2D eigenvalue weighted by atomic mass is 10.0. The first kappa shape index (κ1) is 16.8. The second-order valence-corrected chi connectivity index (χ2v) is 6.56. The summed E-state index contributed by atoms with van der Waals surface area (Å²) in [5.74, 6) is 0.791. The standard InChI is InChI=1S/C22H25FO/c1-4-17-10-13-22(16(3)15(17)2)24-14-19-6-5-7-21(19)18-8-11-20(23)12-9-18/h8-13H,4-7,14H2,1-3H3. The van der Waals surface area contributed by atoms with Crippen molar-refractivity contribution >= 4 is 5.57 Å². The van der Waals surface area contributed by atoms with Gasteiger partial charge in [-0.15, -0.1) is 0 Å². The second kappa shape index (κ2) is 7.21. The molecular weight excluding hydrogens is 299 g/mol. The van der Waals surface area contributed by atoms with E-state index in [1.807, 2.05) is 12.1 Å². The smallest absolute Gasteiger partial charge is 0.123 e. The molecule has 0 spiro atoms. The van der Waals surface area contributed by atoms with Crippen LogP contribution in [0, 0.1) is 19.7 Å². The topological polar surface area (TPSA) is 9.23 Å². The van der Waals surface area contributed by atoms with Crippen molar-refractivity contribution in [1.82, 2.24) is 0 Å². The Bertz CT molecular complexity index is 756. The highest BCUT2D eigenvalue weighted by atomic mass is 19.1. The van der Waals surface area contributed by atoms with Crippen molar-refractivity contribution in [2.75, 3.05) is 6.61 Å². The molecule has 0 amide bonds. The van der Waals surface area contributed by atoms with Crippen molar-refractivity contribution in [2.24, 2.45) is 0 Å². The van der Waals surface area contributed by atoms with E-state index < -0.39 is 0 Å². The molecule has 0 bridgehead atoms. The third-order valence-corrected chi connectivity index (χ3v) is 5.16. The lowest BCUT2D eigenvalue weighted by Gasteiger charge is -2.15. The molecule has 1 aliphatic carbocycles. The van der Waals surface area contributed by atoms with Crippen molar-refractivity contribution in [3.05, 3.63) is 70.0 Å². The van der Waals surface area contributed by atoms with Gasteiger partial charge in [0.05, 0.1) is 0 Å². The predicted octanol–water partition coefficient (Wildman–Crippen LogP) is 6.02. The van der Waals surface area contributed by atoms with Gasteiger partial charge >= 0.3 is 0 Å². The van der Waals surface area contributed by atoms with Crippen LogP contribution >= 0.6 is 0 Å². The first-order valence-corrected chi connectivity index (χ1v) is 8.79. The van der Waals surface area contributed by atoms with E-state index in [4.69, 9.17) is 4.74 Å². The normalized spacial score (nSPS) is 14.3. The number of ether oxygens (including phenoxy) is 1. The highest BCUT2D eigenvalue weighted by Crippen LogP contribution is 2.35. The van der Waals surface area contributed by atoms with Crippen LogP contribution in [0.4, 0.5) is 4.39 Å². The van der Waals surface area contributed by atoms with Crippen LogP contribution in [0.3, 0.4) is 0 Å². The SMILES string of the molecule is CCc1ccc(OCC2=C(c3ccc(F)cc3)CCC2)c(C)c1C. The summed E-state index contributed by atoms with van der Waals surface area (Å²) in [6.07, 6.45) is 4.32. The van der Waals surface area contributed by atoms with Crippen LogP contribution < -0.4 is 4.74 Å². The van der Waals surface area contributed by atoms with Gasteiger partial charge in [-0.25, -0.2) is 4.39 Å². The maximum Gasteiger partial charge on any atom is 0.123 e. The second-order valence-electron chi connectivity index (χ2n) is 6.56. The fourth-order valence-electron chi connectivity index (χ4n) is 3.52. The first-order valence-electron chi connectivity index (χ1n) is 8.79. The Morgan fingerprint density at radius 2 is 1.71 bits per heavy atom. The number of hydrogen-bond acceptors (Lipinski definition) is 1. The maximum atomic E-state index is 13.1. The van der Waals surface area contributed by atoms with Gasteiger partial charge in [-0.2, -0.15) is 0 Å². The molecule has 1 aliphatic rings. The summed E-state index contributed by atoms with van der Waals surface area (Å²) in [5.41, 5.74) is 7.74. The van der Waals surface area contributed by atoms with Gasteiger partial charge in [-0.1, -0.05) is 25.1 Å². The molecule has 2 heteroatoms. The molecule has 126 valence electrons. The summed E-state index contributed by atoms with van der Waals surface area (Å²) in [6.45, 7) is 7.10. The molecule has 0 atom stereocenters. The fraction of sp³-hybridized carbons (Fsp3) is 0.364. The molecule has 0 unspecified atom stereocenters. The Labute approximate surface area is 144 Å². The number of allylic oxidation sites excluding steroid dienone is 1. The van der Waals surface area contributed by atoms with Crippen LogP contribution in [0.1, 0.15) is 48.4 Å². The van der Waals surface area contributed by atoms with E-state index in [-0.39, 0.29) is 5.82 Å². The molecular formula is C22H25FO. The third kappa shape index (κ3) is 3.38. The molecule has 0 radical (unpaired) electrons. The molecule has 0 fully saturated rings. The fourth-order valence-corrected chi connectivity index (χ4v) is 3.52. The number of aryl methyl sites for hydroxylation is 1. The van der Waals surface area contributed by atoms with E-state index in [1.54, 1.807) is 0 Å². The highest BCUT2D eigenvalue weighted by molar-refractivity contribution is 5.70. The van der Waals surface area contributed by atoms with Gasteiger partial charge in [0.2, 0.25) is 0 Å². The monoisotopic (exact) mass is 324 g/mol. The Morgan fingerprint density at radius 1 is 0.958 bits per heavy atom. The van der Waals surface area contributed by atoms with E-state index in [2.05, 4.69) is 32.9 Å². The third-order valence-electron chi connectivity index (χ3n) is 5.16. The average molecular weight is 324 g/mol. The molecule has 0 heterocycles. The Balaban J connectivity index is 1.79. The molecule has 0 aliphatic heterocycles. The largest absolute Gasteiger partial charge is 0.489 e. The van der Waals surface area contributed by atoms with Crippen molar-refractivity contribution < 1.29 is 9.13 Å². The van der Waals surface area contributed by atoms with Crippen LogP contribution in [0.2, 0.25) is 0 Å². The molecule has 0 aromatic heterocycles. The Kier molecular flexibility index (Phi) is 5.03. The quantitative estimate of drug-likeness (QED) is 0.653. The predicted molar refractivity (Wildman–Crippen MR) is 98.0 cm³/mol. The van der Waals surface area contributed by atoms with E-state index in [1.165, 1.54) is 40.0 Å². The summed E-state index contributed by atoms with van der Waals surface area (Å²) >= 11 is 0. The maximum absolute atomic E-state index is 13.1. The summed E-state index contributed by atoms with van der Waals surface area (Å²) in [6, 6.07) is 11.1. The minimum absolute atomic E-state index is 0.183. The molecule has 1 nitrogen and oxygen atoms in total. The van der Waals surface area contributed by atoms with Crippen LogP contribution in [0.15, 0.2) is 42.0 Å². The molecule has 0 saturated heterocycles. The molecule has 3 rings (SSSR count). The Morgan fingerprint density at radius 3 is 2.42 bits per heavy atom. The van der Waals surface area contributed by atoms with E-state index >= 15 is 0 Å². The zero-order valence-corrected chi connectivity index (χ0v) is 14.8. The molecule has 0 saturated carbocycles. The zero-order chi connectivity index (χ0) is 17.1. The zero-order valence-electron chi connectivity index (χ0n) is 14.8. The highest BCUT2D eigenvalue weighted by Gasteiger charge is 2.17. The van der Waals surface area contributed by atoms with E-state index in [9.17, 15) is 4.39 Å². The van der Waals surface area contributed by atoms with Crippen LogP contribution in [0.5, 0.6) is 5.75 Å². The molecule has 2 aromatic carbocycles.